The standard InChI is InChI=1S/C27H32Cl2N6O4/c1-5-35(27(36)33-26-24(28)20(37-3)14-21(38-4)25(26)29)23-15-22(30-16-31-23)32-17-6-8-18(9-7-17)39-19-10-12-34(2)13-11-19/h6-9,14-16,19H,5,10-13H2,1-4H3,(H,33,36)(H,30,31,32). The molecule has 0 bridgehead atoms. The lowest BCUT2D eigenvalue weighted by atomic mass is 10.1. The van der Waals surface area contributed by atoms with Crippen LogP contribution in [0.25, 0.3) is 0 Å². The molecule has 1 aliphatic rings. The fourth-order valence-electron chi connectivity index (χ4n) is 4.20. The van der Waals surface area contributed by atoms with Gasteiger partial charge in [-0.1, -0.05) is 23.2 Å². The maximum atomic E-state index is 13.3. The van der Waals surface area contributed by atoms with E-state index in [1.807, 2.05) is 31.2 Å². The highest BCUT2D eigenvalue weighted by molar-refractivity contribution is 6.41. The van der Waals surface area contributed by atoms with Gasteiger partial charge in [0.2, 0.25) is 0 Å². The molecule has 4 rings (SSSR count). The van der Waals surface area contributed by atoms with Gasteiger partial charge in [0.25, 0.3) is 0 Å². The summed E-state index contributed by atoms with van der Waals surface area (Å²) in [4.78, 5) is 25.6. The number of methoxy groups -OCH3 is 2. The first kappa shape index (κ1) is 28.5. The molecule has 0 radical (unpaired) electrons. The van der Waals surface area contributed by atoms with E-state index in [0.29, 0.717) is 29.7 Å². The van der Waals surface area contributed by atoms with Gasteiger partial charge < -0.3 is 29.7 Å². The van der Waals surface area contributed by atoms with Crippen LogP contribution in [0.3, 0.4) is 0 Å². The third kappa shape index (κ3) is 6.95. The zero-order chi connectivity index (χ0) is 27.9. The van der Waals surface area contributed by atoms with E-state index >= 15 is 0 Å². The number of aromatic nitrogens is 2. The van der Waals surface area contributed by atoms with Crippen LogP contribution in [0.15, 0.2) is 42.7 Å². The van der Waals surface area contributed by atoms with E-state index < -0.39 is 6.03 Å². The molecule has 3 aromatic rings. The van der Waals surface area contributed by atoms with Crippen molar-refractivity contribution in [2.24, 2.45) is 0 Å². The zero-order valence-corrected chi connectivity index (χ0v) is 23.8. The second-order valence-electron chi connectivity index (χ2n) is 8.99. The SMILES string of the molecule is CCN(C(=O)Nc1c(Cl)c(OC)cc(OC)c1Cl)c1cc(Nc2ccc(OC3CCN(C)CC3)cc2)ncn1. The molecule has 1 fully saturated rings. The lowest BCUT2D eigenvalue weighted by Gasteiger charge is -2.29. The lowest BCUT2D eigenvalue weighted by molar-refractivity contribution is 0.114. The molecular formula is C27H32Cl2N6O4. The van der Waals surface area contributed by atoms with Gasteiger partial charge in [0.1, 0.15) is 51.4 Å². The Hall–Kier alpha value is -3.47. The van der Waals surface area contributed by atoms with Gasteiger partial charge in [-0.15, -0.1) is 0 Å². The van der Waals surface area contributed by atoms with E-state index in [2.05, 4.69) is 32.5 Å². The number of anilines is 4. The van der Waals surface area contributed by atoms with Crippen LogP contribution in [0.2, 0.25) is 10.0 Å². The maximum absolute atomic E-state index is 13.3. The van der Waals surface area contributed by atoms with Gasteiger partial charge in [0, 0.05) is 37.5 Å². The van der Waals surface area contributed by atoms with Crippen LogP contribution in [-0.4, -0.2) is 67.9 Å². The highest BCUT2D eigenvalue weighted by Gasteiger charge is 2.23. The average molecular weight is 575 g/mol. The van der Waals surface area contributed by atoms with Gasteiger partial charge >= 0.3 is 6.03 Å². The third-order valence-electron chi connectivity index (χ3n) is 6.39. The number of hydrogen-bond donors (Lipinski definition) is 2. The lowest BCUT2D eigenvalue weighted by Crippen LogP contribution is -2.35. The summed E-state index contributed by atoms with van der Waals surface area (Å²) in [5.74, 6) is 2.37. The molecule has 1 aliphatic heterocycles. The minimum atomic E-state index is -0.489. The highest BCUT2D eigenvalue weighted by Crippen LogP contribution is 2.44. The van der Waals surface area contributed by atoms with E-state index in [9.17, 15) is 4.79 Å². The Morgan fingerprint density at radius 3 is 2.28 bits per heavy atom. The molecule has 0 spiro atoms. The number of ether oxygens (including phenoxy) is 3. The molecule has 208 valence electrons. The molecule has 1 saturated heterocycles. The number of amides is 2. The van der Waals surface area contributed by atoms with Crippen LogP contribution < -0.4 is 29.7 Å². The summed E-state index contributed by atoms with van der Waals surface area (Å²) in [7, 11) is 5.05. The Labute approximate surface area is 238 Å². The Kier molecular flexibility index (Phi) is 9.55. The first-order valence-corrected chi connectivity index (χ1v) is 13.3. The number of nitrogens with zero attached hydrogens (tertiary/aromatic N) is 4. The van der Waals surface area contributed by atoms with E-state index in [1.165, 1.54) is 25.4 Å². The first-order chi connectivity index (χ1) is 18.8. The van der Waals surface area contributed by atoms with Crippen molar-refractivity contribution in [2.45, 2.75) is 25.9 Å². The number of hydrogen-bond acceptors (Lipinski definition) is 8. The van der Waals surface area contributed by atoms with Crippen molar-refractivity contribution < 1.29 is 19.0 Å². The molecular weight excluding hydrogens is 543 g/mol. The first-order valence-electron chi connectivity index (χ1n) is 12.6. The molecule has 2 heterocycles. The molecule has 2 amide bonds. The number of benzene rings is 2. The van der Waals surface area contributed by atoms with Crippen molar-refractivity contribution >= 4 is 52.2 Å². The van der Waals surface area contributed by atoms with Crippen LogP contribution in [0.5, 0.6) is 17.2 Å². The van der Waals surface area contributed by atoms with E-state index in [1.54, 1.807) is 12.1 Å². The third-order valence-corrected chi connectivity index (χ3v) is 7.14. The van der Waals surface area contributed by atoms with Crippen LogP contribution in [0.4, 0.5) is 27.8 Å². The van der Waals surface area contributed by atoms with E-state index in [0.717, 1.165) is 37.4 Å². The monoisotopic (exact) mass is 574 g/mol. The number of likely N-dealkylation sites (tertiary alicyclic amines) is 1. The smallest absolute Gasteiger partial charge is 0.327 e. The summed E-state index contributed by atoms with van der Waals surface area (Å²) in [6, 6.07) is 10.5. The molecule has 39 heavy (non-hydrogen) atoms. The zero-order valence-electron chi connectivity index (χ0n) is 22.3. The molecule has 0 saturated carbocycles. The van der Waals surface area contributed by atoms with Crippen molar-refractivity contribution in [3.8, 4) is 17.2 Å². The van der Waals surface area contributed by atoms with E-state index in [4.69, 9.17) is 37.4 Å². The van der Waals surface area contributed by atoms with Crippen molar-refractivity contribution in [1.82, 2.24) is 14.9 Å². The summed E-state index contributed by atoms with van der Waals surface area (Å²) in [6.45, 7) is 4.23. The minimum absolute atomic E-state index is 0.154. The van der Waals surface area contributed by atoms with Gasteiger partial charge in [-0.3, -0.25) is 4.90 Å². The van der Waals surface area contributed by atoms with Crippen LogP contribution in [0.1, 0.15) is 19.8 Å². The van der Waals surface area contributed by atoms with Crippen molar-refractivity contribution in [1.29, 1.82) is 0 Å². The van der Waals surface area contributed by atoms with Crippen molar-refractivity contribution in [3.63, 3.8) is 0 Å². The number of urea groups is 1. The number of carbonyl (C=O) groups excluding carboxylic acids is 1. The average Bonchev–Trinajstić information content (AvgIpc) is 2.94. The molecule has 2 N–H and O–H groups in total. The topological polar surface area (TPSA) is 101 Å². The van der Waals surface area contributed by atoms with Gasteiger partial charge in [0.15, 0.2) is 0 Å². The fraction of sp³-hybridized carbons (Fsp3) is 0.370. The molecule has 2 aromatic carbocycles. The predicted molar refractivity (Wildman–Crippen MR) is 155 cm³/mol. The minimum Gasteiger partial charge on any atom is -0.495 e. The van der Waals surface area contributed by atoms with Crippen LogP contribution >= 0.6 is 23.2 Å². The van der Waals surface area contributed by atoms with Gasteiger partial charge in [0.05, 0.1) is 19.9 Å². The number of nitrogens with one attached hydrogen (secondary N) is 2. The molecule has 1 aromatic heterocycles. The van der Waals surface area contributed by atoms with Crippen LogP contribution in [0, 0.1) is 0 Å². The fourth-order valence-corrected chi connectivity index (χ4v) is 4.80. The highest BCUT2D eigenvalue weighted by atomic mass is 35.5. The van der Waals surface area contributed by atoms with Gasteiger partial charge in [-0.2, -0.15) is 0 Å². The molecule has 10 nitrogen and oxygen atoms in total. The van der Waals surface area contributed by atoms with E-state index in [-0.39, 0.29) is 21.8 Å². The summed E-state index contributed by atoms with van der Waals surface area (Å²) < 4.78 is 16.7. The predicted octanol–water partition coefficient (Wildman–Crippen LogP) is 6.08. The second-order valence-corrected chi connectivity index (χ2v) is 9.75. The summed E-state index contributed by atoms with van der Waals surface area (Å²) in [5, 5.41) is 6.31. The van der Waals surface area contributed by atoms with Gasteiger partial charge in [-0.25, -0.2) is 14.8 Å². The number of carbonyl (C=O) groups is 1. The molecule has 12 heteroatoms. The van der Waals surface area contributed by atoms with Crippen molar-refractivity contribution in [2.75, 3.05) is 56.4 Å². The Morgan fingerprint density at radius 2 is 1.69 bits per heavy atom. The van der Waals surface area contributed by atoms with Gasteiger partial charge in [-0.05, 0) is 51.1 Å². The Morgan fingerprint density at radius 1 is 1.05 bits per heavy atom. The Balaban J connectivity index is 1.45. The quantitative estimate of drug-likeness (QED) is 0.317. The maximum Gasteiger partial charge on any atom is 0.327 e. The second kappa shape index (κ2) is 13.1. The Bertz CT molecular complexity index is 1260. The molecule has 0 atom stereocenters. The summed E-state index contributed by atoms with van der Waals surface area (Å²) in [6.07, 6.45) is 3.66. The molecule has 0 unspecified atom stereocenters. The number of piperidine rings is 1. The summed E-state index contributed by atoms with van der Waals surface area (Å²) >= 11 is 12.8. The summed E-state index contributed by atoms with van der Waals surface area (Å²) in [5.41, 5.74) is 0.998. The largest absolute Gasteiger partial charge is 0.495 e. The van der Waals surface area contributed by atoms with Crippen molar-refractivity contribution in [3.05, 3.63) is 52.8 Å². The number of halogens is 2. The normalized spacial score (nSPS) is 14.0. The molecule has 0 aliphatic carbocycles. The van der Waals surface area contributed by atoms with Crippen LogP contribution in [-0.2, 0) is 0 Å². The number of rotatable bonds is 9.